The van der Waals surface area contributed by atoms with Gasteiger partial charge in [-0.1, -0.05) is 24.3 Å². The summed E-state index contributed by atoms with van der Waals surface area (Å²) >= 11 is 0. The molecule has 0 saturated heterocycles. The number of rotatable bonds is 1. The van der Waals surface area contributed by atoms with Crippen molar-refractivity contribution in [1.82, 2.24) is 4.98 Å². The van der Waals surface area contributed by atoms with Crippen LogP contribution in [0, 0.1) is 0 Å². The Morgan fingerprint density at radius 3 is 2.22 bits per heavy atom. The van der Waals surface area contributed by atoms with Gasteiger partial charge in [-0.15, -0.1) is 0 Å². The van der Waals surface area contributed by atoms with Gasteiger partial charge in [-0.3, -0.25) is 0 Å². The summed E-state index contributed by atoms with van der Waals surface area (Å²) in [5.41, 5.74) is 9.68. The minimum Gasteiger partial charge on any atom is -0.396 e. The molecule has 2 N–H and O–H groups in total. The SMILES string of the molecule is Nc1cccnc1N1CCc2ccccc2CC1. The van der Waals surface area contributed by atoms with E-state index in [0.29, 0.717) is 0 Å². The molecule has 0 fully saturated rings. The predicted molar refractivity (Wildman–Crippen MR) is 74.7 cm³/mol. The molecule has 1 aliphatic rings. The van der Waals surface area contributed by atoms with Crippen LogP contribution in [0.4, 0.5) is 11.5 Å². The Kier molecular flexibility index (Phi) is 2.89. The molecule has 3 rings (SSSR count). The van der Waals surface area contributed by atoms with Crippen molar-refractivity contribution < 1.29 is 0 Å². The number of anilines is 2. The Hall–Kier alpha value is -2.03. The van der Waals surface area contributed by atoms with Gasteiger partial charge in [-0.05, 0) is 36.1 Å². The van der Waals surface area contributed by atoms with Crippen LogP contribution in [0.1, 0.15) is 11.1 Å². The van der Waals surface area contributed by atoms with E-state index in [1.54, 1.807) is 0 Å². The maximum absolute atomic E-state index is 6.00. The zero-order chi connectivity index (χ0) is 12.4. The lowest BCUT2D eigenvalue weighted by Gasteiger charge is -2.22. The van der Waals surface area contributed by atoms with Gasteiger partial charge in [0.15, 0.2) is 5.82 Å². The van der Waals surface area contributed by atoms with E-state index < -0.39 is 0 Å². The molecule has 1 aromatic heterocycles. The highest BCUT2D eigenvalue weighted by atomic mass is 15.2. The van der Waals surface area contributed by atoms with Crippen LogP contribution in [0.2, 0.25) is 0 Å². The van der Waals surface area contributed by atoms with E-state index in [0.717, 1.165) is 37.4 Å². The average molecular weight is 239 g/mol. The molecule has 0 spiro atoms. The fraction of sp³-hybridized carbons (Fsp3) is 0.267. The quantitative estimate of drug-likeness (QED) is 0.830. The monoisotopic (exact) mass is 239 g/mol. The third-order valence-electron chi connectivity index (χ3n) is 3.54. The summed E-state index contributed by atoms with van der Waals surface area (Å²) in [5, 5.41) is 0. The first-order valence-electron chi connectivity index (χ1n) is 6.37. The van der Waals surface area contributed by atoms with Gasteiger partial charge >= 0.3 is 0 Å². The molecule has 3 nitrogen and oxygen atoms in total. The molecule has 2 aromatic rings. The number of pyridine rings is 1. The number of hydrogen-bond acceptors (Lipinski definition) is 3. The Labute approximate surface area is 107 Å². The molecule has 0 atom stereocenters. The van der Waals surface area contributed by atoms with Gasteiger partial charge in [-0.25, -0.2) is 4.98 Å². The molecule has 0 amide bonds. The fourth-order valence-corrected chi connectivity index (χ4v) is 2.55. The summed E-state index contributed by atoms with van der Waals surface area (Å²) in [6, 6.07) is 12.5. The highest BCUT2D eigenvalue weighted by Gasteiger charge is 2.16. The van der Waals surface area contributed by atoms with Gasteiger partial charge in [0.2, 0.25) is 0 Å². The van der Waals surface area contributed by atoms with E-state index in [-0.39, 0.29) is 0 Å². The summed E-state index contributed by atoms with van der Waals surface area (Å²) in [4.78, 5) is 6.69. The van der Waals surface area contributed by atoms with Crippen molar-refractivity contribution in [3.05, 3.63) is 53.7 Å². The maximum atomic E-state index is 6.00. The van der Waals surface area contributed by atoms with Crippen molar-refractivity contribution in [2.45, 2.75) is 12.8 Å². The molecule has 0 unspecified atom stereocenters. The minimum absolute atomic E-state index is 0.767. The molecule has 0 radical (unpaired) electrons. The second-order valence-corrected chi connectivity index (χ2v) is 4.67. The number of fused-ring (bicyclic) bond motifs is 1. The van der Waals surface area contributed by atoms with Gasteiger partial charge in [0.1, 0.15) is 0 Å². The summed E-state index contributed by atoms with van der Waals surface area (Å²) in [6.07, 6.45) is 3.93. The van der Waals surface area contributed by atoms with Crippen LogP contribution < -0.4 is 10.6 Å². The van der Waals surface area contributed by atoms with Crippen molar-refractivity contribution in [1.29, 1.82) is 0 Å². The molecule has 3 heteroatoms. The highest BCUT2D eigenvalue weighted by Crippen LogP contribution is 2.23. The van der Waals surface area contributed by atoms with Gasteiger partial charge in [0.25, 0.3) is 0 Å². The molecule has 1 aliphatic heterocycles. The van der Waals surface area contributed by atoms with Crippen LogP contribution in [0.25, 0.3) is 0 Å². The normalized spacial score (nSPS) is 15.0. The first kappa shape index (κ1) is 11.1. The topological polar surface area (TPSA) is 42.1 Å². The number of benzene rings is 1. The molecule has 0 saturated carbocycles. The fourth-order valence-electron chi connectivity index (χ4n) is 2.55. The van der Waals surface area contributed by atoms with Crippen LogP contribution in [-0.4, -0.2) is 18.1 Å². The van der Waals surface area contributed by atoms with Crippen LogP contribution >= 0.6 is 0 Å². The van der Waals surface area contributed by atoms with Crippen molar-refractivity contribution in [3.63, 3.8) is 0 Å². The summed E-state index contributed by atoms with van der Waals surface area (Å²) in [6.45, 7) is 1.97. The zero-order valence-electron chi connectivity index (χ0n) is 10.3. The molecule has 92 valence electrons. The highest BCUT2D eigenvalue weighted by molar-refractivity contribution is 5.62. The van der Waals surface area contributed by atoms with Gasteiger partial charge < -0.3 is 10.6 Å². The Balaban J connectivity index is 1.85. The molecule has 18 heavy (non-hydrogen) atoms. The molecule has 2 heterocycles. The van der Waals surface area contributed by atoms with Crippen LogP contribution in [0.15, 0.2) is 42.6 Å². The third-order valence-corrected chi connectivity index (χ3v) is 3.54. The van der Waals surface area contributed by atoms with Gasteiger partial charge in [0, 0.05) is 19.3 Å². The van der Waals surface area contributed by atoms with E-state index in [2.05, 4.69) is 34.1 Å². The van der Waals surface area contributed by atoms with Crippen LogP contribution in [0.5, 0.6) is 0 Å². The van der Waals surface area contributed by atoms with Crippen molar-refractivity contribution in [2.75, 3.05) is 23.7 Å². The number of nitrogens with two attached hydrogens (primary N) is 1. The second-order valence-electron chi connectivity index (χ2n) is 4.67. The smallest absolute Gasteiger partial charge is 0.151 e. The number of nitrogens with zero attached hydrogens (tertiary/aromatic N) is 2. The minimum atomic E-state index is 0.767. The molecule has 0 aliphatic carbocycles. The standard InChI is InChI=1S/C15H17N3/c16-14-6-3-9-17-15(14)18-10-7-12-4-1-2-5-13(12)8-11-18/h1-6,9H,7-8,10-11,16H2. The maximum Gasteiger partial charge on any atom is 0.151 e. The second kappa shape index (κ2) is 4.69. The van der Waals surface area contributed by atoms with Gasteiger partial charge in [0.05, 0.1) is 5.69 Å². The lowest BCUT2D eigenvalue weighted by atomic mass is 10.0. The third kappa shape index (κ3) is 2.04. The average Bonchev–Trinajstić information content (AvgIpc) is 2.62. The molecule has 1 aromatic carbocycles. The first-order chi connectivity index (χ1) is 8.84. The molecular formula is C15H17N3. The van der Waals surface area contributed by atoms with E-state index in [4.69, 9.17) is 5.73 Å². The van der Waals surface area contributed by atoms with Crippen LogP contribution in [-0.2, 0) is 12.8 Å². The first-order valence-corrected chi connectivity index (χ1v) is 6.37. The zero-order valence-corrected chi connectivity index (χ0v) is 10.3. The Bertz CT molecular complexity index is 524. The molecular weight excluding hydrogens is 222 g/mol. The van der Waals surface area contributed by atoms with E-state index in [9.17, 15) is 0 Å². The van der Waals surface area contributed by atoms with E-state index in [1.807, 2.05) is 18.3 Å². The number of aromatic nitrogens is 1. The van der Waals surface area contributed by atoms with Crippen molar-refractivity contribution >= 4 is 11.5 Å². The van der Waals surface area contributed by atoms with Crippen molar-refractivity contribution in [3.8, 4) is 0 Å². The van der Waals surface area contributed by atoms with Gasteiger partial charge in [-0.2, -0.15) is 0 Å². The largest absolute Gasteiger partial charge is 0.396 e. The predicted octanol–water partition coefficient (Wildman–Crippen LogP) is 2.27. The Morgan fingerprint density at radius 2 is 1.61 bits per heavy atom. The number of nitrogen functional groups attached to an aromatic ring is 1. The van der Waals surface area contributed by atoms with E-state index in [1.165, 1.54) is 11.1 Å². The van der Waals surface area contributed by atoms with E-state index >= 15 is 0 Å². The summed E-state index contributed by atoms with van der Waals surface area (Å²) in [5.74, 6) is 0.922. The number of hydrogen-bond donors (Lipinski definition) is 1. The molecule has 0 bridgehead atoms. The summed E-state index contributed by atoms with van der Waals surface area (Å²) < 4.78 is 0. The van der Waals surface area contributed by atoms with Crippen molar-refractivity contribution in [2.24, 2.45) is 0 Å². The summed E-state index contributed by atoms with van der Waals surface area (Å²) in [7, 11) is 0. The Morgan fingerprint density at radius 1 is 0.944 bits per heavy atom. The van der Waals surface area contributed by atoms with Crippen LogP contribution in [0.3, 0.4) is 0 Å². The lowest BCUT2D eigenvalue weighted by molar-refractivity contribution is 0.792. The lowest BCUT2D eigenvalue weighted by Crippen LogP contribution is -2.27.